The number of carbonyl (C=O) groups excluding carboxylic acids is 1. The minimum atomic E-state index is -0.159. The van der Waals surface area contributed by atoms with Gasteiger partial charge < -0.3 is 14.0 Å². The first-order valence-electron chi connectivity index (χ1n) is 13.5. The summed E-state index contributed by atoms with van der Waals surface area (Å²) in [5, 5.41) is 1.28. The molecule has 1 aromatic heterocycles. The average Bonchev–Trinajstić information content (AvgIpc) is 3.25. The second-order valence-electron chi connectivity index (χ2n) is 10.8. The Morgan fingerprint density at radius 2 is 2.06 bits per heavy atom. The highest BCUT2D eigenvalue weighted by molar-refractivity contribution is 6.04. The second-order valence-corrected chi connectivity index (χ2v) is 10.8. The molecule has 2 aromatic rings. The molecule has 5 nitrogen and oxygen atoms in total. The van der Waals surface area contributed by atoms with Crippen LogP contribution in [-0.2, 0) is 16.0 Å². The van der Waals surface area contributed by atoms with Gasteiger partial charge in [-0.25, -0.2) is 4.79 Å². The van der Waals surface area contributed by atoms with Gasteiger partial charge in [-0.2, -0.15) is 0 Å². The maximum atomic E-state index is 13.1. The Bertz CT molecular complexity index is 1100. The van der Waals surface area contributed by atoms with Crippen LogP contribution in [0.2, 0.25) is 0 Å². The molecule has 2 fully saturated rings. The fourth-order valence-corrected chi connectivity index (χ4v) is 7.84. The zero-order chi connectivity index (χ0) is 23.4. The number of benzene rings is 1. The van der Waals surface area contributed by atoms with Gasteiger partial charge in [-0.15, -0.1) is 6.58 Å². The molecule has 6 atom stereocenters. The molecule has 0 amide bonds. The number of esters is 1. The normalized spacial score (nSPS) is 32.9. The Morgan fingerprint density at radius 1 is 1.18 bits per heavy atom. The number of carbonyl (C=O) groups is 1. The number of allylic oxidation sites excluding steroid dienone is 1. The Kier molecular flexibility index (Phi) is 5.81. The number of likely N-dealkylation sites (tertiary alicyclic amines) is 1. The van der Waals surface area contributed by atoms with Gasteiger partial charge in [-0.05, 0) is 62.6 Å². The number of fused-ring (bicyclic) bond motifs is 3. The van der Waals surface area contributed by atoms with Crippen LogP contribution in [0.5, 0.6) is 0 Å². The minimum Gasteiger partial charge on any atom is -0.451 e. The summed E-state index contributed by atoms with van der Waals surface area (Å²) in [5.74, 6) is 1.69. The van der Waals surface area contributed by atoms with E-state index in [2.05, 4.69) is 48.1 Å². The second kappa shape index (κ2) is 8.83. The third kappa shape index (κ3) is 3.30. The first kappa shape index (κ1) is 22.4. The largest absolute Gasteiger partial charge is 0.451 e. The molecule has 0 radical (unpaired) electrons. The summed E-state index contributed by atoms with van der Waals surface area (Å²) in [6.07, 6.45) is 9.65. The summed E-state index contributed by atoms with van der Waals surface area (Å²) < 4.78 is 14.3. The van der Waals surface area contributed by atoms with E-state index < -0.39 is 0 Å². The lowest BCUT2D eigenvalue weighted by Crippen LogP contribution is -2.52. The molecule has 4 unspecified atom stereocenters. The van der Waals surface area contributed by atoms with Crippen LogP contribution >= 0.6 is 0 Å². The summed E-state index contributed by atoms with van der Waals surface area (Å²) in [6.45, 7) is 11.9. The third-order valence-electron chi connectivity index (χ3n) is 9.19. The lowest BCUT2D eigenvalue weighted by atomic mass is 9.67. The minimum absolute atomic E-state index is 0.145. The van der Waals surface area contributed by atoms with E-state index >= 15 is 0 Å². The van der Waals surface area contributed by atoms with Crippen LogP contribution in [0, 0.1) is 11.8 Å². The van der Waals surface area contributed by atoms with Gasteiger partial charge in [0.2, 0.25) is 0 Å². The van der Waals surface area contributed by atoms with Crippen molar-refractivity contribution in [3.63, 3.8) is 0 Å². The van der Waals surface area contributed by atoms with Gasteiger partial charge in [0.1, 0.15) is 11.8 Å². The van der Waals surface area contributed by atoms with Gasteiger partial charge in [0.05, 0.1) is 12.1 Å². The molecule has 0 spiro atoms. The fourth-order valence-electron chi connectivity index (χ4n) is 7.84. The molecule has 4 aliphatic rings. The van der Waals surface area contributed by atoms with Gasteiger partial charge in [0.15, 0.2) is 0 Å². The monoisotopic (exact) mass is 462 g/mol. The van der Waals surface area contributed by atoms with E-state index in [-0.39, 0.29) is 18.1 Å². The SMILES string of the molecule is C=CCn1c2c3c4c(cccc41)C1C[C@@H](C4CCCC(OCC)CC4)CN(CC)[C@@H]1C3OC2=O. The standard InChI is InChI=1S/C29H38N2O3/c1-4-15-31-23-12-8-11-21-22-16-19(18-9-7-10-20(14-13-18)33-6-3)17-30(5-2)26(22)28-25(24(21)23)27(31)29(32)34-28/h4,8,11-12,18-20,22,26,28H,1,5-7,9-10,13-17H2,2-3H3/t18?,19-,20?,22?,26+,28?/m1/s1. The predicted molar refractivity (Wildman–Crippen MR) is 134 cm³/mol. The molecule has 2 aliphatic heterocycles. The number of ether oxygens (including phenoxy) is 2. The van der Waals surface area contributed by atoms with Crippen molar-refractivity contribution >= 4 is 16.9 Å². The zero-order valence-electron chi connectivity index (χ0n) is 20.7. The van der Waals surface area contributed by atoms with Crippen molar-refractivity contribution in [2.75, 3.05) is 19.7 Å². The van der Waals surface area contributed by atoms with Gasteiger partial charge in [-0.3, -0.25) is 4.90 Å². The van der Waals surface area contributed by atoms with Crippen molar-refractivity contribution < 1.29 is 14.3 Å². The van der Waals surface area contributed by atoms with Crippen LogP contribution in [0.3, 0.4) is 0 Å². The average molecular weight is 463 g/mol. The maximum Gasteiger partial charge on any atom is 0.356 e. The molecule has 34 heavy (non-hydrogen) atoms. The summed E-state index contributed by atoms with van der Waals surface area (Å²) in [7, 11) is 0. The van der Waals surface area contributed by atoms with Crippen molar-refractivity contribution in [2.45, 2.75) is 83.1 Å². The Hall–Kier alpha value is -2.11. The van der Waals surface area contributed by atoms with Gasteiger partial charge in [0.25, 0.3) is 0 Å². The molecule has 182 valence electrons. The first-order chi connectivity index (χ1) is 16.7. The lowest BCUT2D eigenvalue weighted by Gasteiger charge is -2.50. The van der Waals surface area contributed by atoms with Crippen LogP contribution in [0.1, 0.15) is 86.0 Å². The van der Waals surface area contributed by atoms with Crippen molar-refractivity contribution in [3.8, 4) is 0 Å². The van der Waals surface area contributed by atoms with E-state index in [1.54, 1.807) is 0 Å². The predicted octanol–water partition coefficient (Wildman–Crippen LogP) is 5.83. The van der Waals surface area contributed by atoms with Crippen LogP contribution < -0.4 is 0 Å². The molecule has 1 saturated heterocycles. The first-order valence-corrected chi connectivity index (χ1v) is 13.5. The smallest absolute Gasteiger partial charge is 0.356 e. The number of piperidine rings is 1. The summed E-state index contributed by atoms with van der Waals surface area (Å²) in [6, 6.07) is 6.92. The van der Waals surface area contributed by atoms with Crippen LogP contribution in [0.15, 0.2) is 30.9 Å². The number of likely N-dealkylation sites (N-methyl/N-ethyl adjacent to an activating group) is 1. The number of hydrogen-bond donors (Lipinski definition) is 0. The lowest BCUT2D eigenvalue weighted by molar-refractivity contribution is -0.0304. The fraction of sp³-hybridized carbons (Fsp3) is 0.621. The van der Waals surface area contributed by atoms with Crippen LogP contribution in [0.4, 0.5) is 0 Å². The molecule has 5 heteroatoms. The molecule has 0 bridgehead atoms. The molecule has 3 heterocycles. The van der Waals surface area contributed by atoms with Crippen LogP contribution in [0.25, 0.3) is 10.9 Å². The summed E-state index contributed by atoms with van der Waals surface area (Å²) >= 11 is 0. The van der Waals surface area contributed by atoms with E-state index in [1.165, 1.54) is 55.0 Å². The number of hydrogen-bond acceptors (Lipinski definition) is 4. The van der Waals surface area contributed by atoms with Crippen molar-refractivity contribution in [3.05, 3.63) is 47.7 Å². The van der Waals surface area contributed by atoms with Gasteiger partial charge in [0, 0.05) is 42.1 Å². The quantitative estimate of drug-likeness (QED) is 0.308. The Balaban J connectivity index is 1.38. The molecule has 2 aliphatic carbocycles. The molecular weight excluding hydrogens is 424 g/mol. The molecule has 0 N–H and O–H groups in total. The number of nitrogens with zero attached hydrogens (tertiary/aromatic N) is 2. The van der Waals surface area contributed by atoms with Crippen molar-refractivity contribution in [1.82, 2.24) is 9.47 Å². The van der Waals surface area contributed by atoms with E-state index in [0.29, 0.717) is 24.5 Å². The topological polar surface area (TPSA) is 43.7 Å². The molecule has 1 saturated carbocycles. The van der Waals surface area contributed by atoms with Gasteiger partial charge in [-0.1, -0.05) is 38.0 Å². The Labute approximate surface area is 203 Å². The van der Waals surface area contributed by atoms with E-state index in [9.17, 15) is 4.79 Å². The maximum absolute atomic E-state index is 13.1. The third-order valence-corrected chi connectivity index (χ3v) is 9.19. The van der Waals surface area contributed by atoms with Crippen molar-refractivity contribution in [1.29, 1.82) is 0 Å². The molecule has 6 rings (SSSR count). The van der Waals surface area contributed by atoms with Gasteiger partial charge >= 0.3 is 5.97 Å². The van der Waals surface area contributed by atoms with E-state index in [4.69, 9.17) is 9.47 Å². The molecule has 1 aromatic carbocycles. The highest BCUT2D eigenvalue weighted by atomic mass is 16.6. The van der Waals surface area contributed by atoms with E-state index in [0.717, 1.165) is 36.9 Å². The number of rotatable bonds is 6. The highest BCUT2D eigenvalue weighted by Crippen LogP contribution is 2.55. The summed E-state index contributed by atoms with van der Waals surface area (Å²) in [5.41, 5.74) is 4.50. The number of aromatic nitrogens is 1. The Morgan fingerprint density at radius 3 is 2.85 bits per heavy atom. The van der Waals surface area contributed by atoms with Crippen molar-refractivity contribution in [2.24, 2.45) is 11.8 Å². The highest BCUT2D eigenvalue weighted by Gasteiger charge is 2.53. The van der Waals surface area contributed by atoms with E-state index in [1.807, 2.05) is 6.08 Å². The van der Waals surface area contributed by atoms with Crippen LogP contribution in [-0.4, -0.2) is 47.3 Å². The summed E-state index contributed by atoms with van der Waals surface area (Å²) in [4.78, 5) is 15.8. The molecular formula is C29H38N2O3. The zero-order valence-corrected chi connectivity index (χ0v) is 20.7.